The van der Waals surface area contributed by atoms with Crippen LogP contribution in [-0.2, 0) is 0 Å². The zero-order chi connectivity index (χ0) is 20.9. The largest absolute Gasteiger partial charge is 0.507 e. The van der Waals surface area contributed by atoms with Crippen LogP contribution in [0.15, 0.2) is 45.1 Å². The third-order valence-electron chi connectivity index (χ3n) is 4.77. The first-order chi connectivity index (χ1) is 13.8. The molecule has 2 aromatic carbocycles. The van der Waals surface area contributed by atoms with Crippen LogP contribution >= 0.6 is 0 Å². The topological polar surface area (TPSA) is 98.4 Å². The number of benzene rings is 2. The molecule has 0 amide bonds. The SMILES string of the molecule is COc1cc(O)c2c(=O)c3c(oc2c1)-c1cc(O)c(OC)cc1OC3C=C(C)C. The Morgan fingerprint density at radius 3 is 2.48 bits per heavy atom. The highest BCUT2D eigenvalue weighted by atomic mass is 16.5. The van der Waals surface area contributed by atoms with Gasteiger partial charge in [-0.25, -0.2) is 0 Å². The number of fused-ring (bicyclic) bond motifs is 4. The highest BCUT2D eigenvalue weighted by Gasteiger charge is 2.33. The number of phenols is 2. The van der Waals surface area contributed by atoms with E-state index in [-0.39, 0.29) is 39.5 Å². The van der Waals surface area contributed by atoms with Crippen LogP contribution in [0.3, 0.4) is 0 Å². The van der Waals surface area contributed by atoms with Gasteiger partial charge in [0.05, 0.1) is 25.3 Å². The molecule has 0 bridgehead atoms. The van der Waals surface area contributed by atoms with Gasteiger partial charge in [-0.1, -0.05) is 5.57 Å². The van der Waals surface area contributed by atoms with Crippen LogP contribution in [0.2, 0.25) is 0 Å². The van der Waals surface area contributed by atoms with E-state index in [4.69, 9.17) is 18.6 Å². The van der Waals surface area contributed by atoms with Crippen molar-refractivity contribution in [2.24, 2.45) is 0 Å². The van der Waals surface area contributed by atoms with E-state index in [1.807, 2.05) is 13.8 Å². The molecular weight excluding hydrogens is 376 g/mol. The molecule has 2 N–H and O–H groups in total. The number of allylic oxidation sites excluding steroid dienone is 1. The molecule has 0 aliphatic carbocycles. The van der Waals surface area contributed by atoms with Gasteiger partial charge in [-0.05, 0) is 26.0 Å². The number of rotatable bonds is 3. The molecule has 7 heteroatoms. The molecule has 150 valence electrons. The van der Waals surface area contributed by atoms with E-state index in [9.17, 15) is 15.0 Å². The van der Waals surface area contributed by atoms with Gasteiger partial charge in [0.25, 0.3) is 0 Å². The average molecular weight is 396 g/mol. The molecule has 0 radical (unpaired) electrons. The first-order valence-electron chi connectivity index (χ1n) is 8.94. The maximum absolute atomic E-state index is 13.3. The summed E-state index contributed by atoms with van der Waals surface area (Å²) in [5.41, 5.74) is 1.36. The Hall–Kier alpha value is -3.61. The van der Waals surface area contributed by atoms with Gasteiger partial charge in [-0.3, -0.25) is 4.79 Å². The monoisotopic (exact) mass is 396 g/mol. The molecule has 1 aromatic heterocycles. The van der Waals surface area contributed by atoms with Crippen LogP contribution < -0.4 is 19.6 Å². The number of aromatic hydroxyl groups is 2. The van der Waals surface area contributed by atoms with Crippen LogP contribution in [-0.4, -0.2) is 24.4 Å². The maximum Gasteiger partial charge on any atom is 0.204 e. The average Bonchev–Trinajstić information content (AvgIpc) is 2.67. The van der Waals surface area contributed by atoms with E-state index < -0.39 is 11.5 Å². The summed E-state index contributed by atoms with van der Waals surface area (Å²) in [5.74, 6) is 0.906. The third kappa shape index (κ3) is 2.95. The second-order valence-electron chi connectivity index (χ2n) is 7.00. The Balaban J connectivity index is 2.12. The van der Waals surface area contributed by atoms with Gasteiger partial charge in [0.1, 0.15) is 40.1 Å². The molecule has 1 aliphatic heterocycles. The molecule has 3 aromatic rings. The number of hydrogen-bond donors (Lipinski definition) is 2. The summed E-state index contributed by atoms with van der Waals surface area (Å²) in [6.07, 6.45) is 1.07. The Kier molecular flexibility index (Phi) is 4.38. The summed E-state index contributed by atoms with van der Waals surface area (Å²) < 4.78 is 22.4. The van der Waals surface area contributed by atoms with E-state index in [0.29, 0.717) is 17.1 Å². The second kappa shape index (κ2) is 6.77. The Labute approximate surface area is 166 Å². The Morgan fingerprint density at radius 1 is 1.07 bits per heavy atom. The van der Waals surface area contributed by atoms with Crippen molar-refractivity contribution < 1.29 is 28.8 Å². The van der Waals surface area contributed by atoms with Gasteiger partial charge < -0.3 is 28.8 Å². The normalized spacial score (nSPS) is 14.6. The lowest BCUT2D eigenvalue weighted by Gasteiger charge is -2.26. The fraction of sp³-hybridized carbons (Fsp3) is 0.227. The third-order valence-corrected chi connectivity index (χ3v) is 4.77. The quantitative estimate of drug-likeness (QED) is 0.637. The minimum absolute atomic E-state index is 0.0430. The van der Waals surface area contributed by atoms with E-state index >= 15 is 0 Å². The summed E-state index contributed by atoms with van der Waals surface area (Å²) in [4.78, 5) is 13.3. The van der Waals surface area contributed by atoms with E-state index in [2.05, 4.69) is 0 Å². The fourth-order valence-corrected chi connectivity index (χ4v) is 3.47. The first-order valence-corrected chi connectivity index (χ1v) is 8.94. The smallest absolute Gasteiger partial charge is 0.204 e. The first kappa shape index (κ1) is 18.7. The van der Waals surface area contributed by atoms with Crippen molar-refractivity contribution in [3.05, 3.63) is 51.7 Å². The molecule has 4 rings (SSSR count). The van der Waals surface area contributed by atoms with Gasteiger partial charge in [0.2, 0.25) is 5.43 Å². The maximum atomic E-state index is 13.3. The molecule has 1 aliphatic rings. The number of methoxy groups -OCH3 is 2. The predicted octanol–water partition coefficient (Wildman–Crippen LogP) is 4.29. The molecule has 0 fully saturated rings. The Morgan fingerprint density at radius 2 is 1.83 bits per heavy atom. The minimum atomic E-state index is -0.723. The van der Waals surface area contributed by atoms with E-state index in [1.54, 1.807) is 12.1 Å². The highest BCUT2D eigenvalue weighted by molar-refractivity contribution is 5.89. The van der Waals surface area contributed by atoms with Crippen molar-refractivity contribution >= 4 is 11.0 Å². The Bertz CT molecular complexity index is 1220. The predicted molar refractivity (Wildman–Crippen MR) is 107 cm³/mol. The van der Waals surface area contributed by atoms with Crippen molar-refractivity contribution in [1.82, 2.24) is 0 Å². The van der Waals surface area contributed by atoms with Crippen LogP contribution in [0.5, 0.6) is 28.7 Å². The second-order valence-corrected chi connectivity index (χ2v) is 7.00. The van der Waals surface area contributed by atoms with Crippen LogP contribution in [0.4, 0.5) is 0 Å². The zero-order valence-electron chi connectivity index (χ0n) is 16.4. The van der Waals surface area contributed by atoms with Crippen LogP contribution in [0, 0.1) is 0 Å². The van der Waals surface area contributed by atoms with Gasteiger partial charge in [-0.2, -0.15) is 0 Å². The summed E-state index contributed by atoms with van der Waals surface area (Å²) in [6.45, 7) is 3.78. The molecule has 29 heavy (non-hydrogen) atoms. The molecule has 0 saturated heterocycles. The van der Waals surface area contributed by atoms with E-state index in [1.165, 1.54) is 32.4 Å². The number of phenolic OH excluding ortho intramolecular Hbond substituents is 2. The van der Waals surface area contributed by atoms with Crippen molar-refractivity contribution in [3.8, 4) is 40.1 Å². The fourth-order valence-electron chi connectivity index (χ4n) is 3.47. The minimum Gasteiger partial charge on any atom is -0.507 e. The van der Waals surface area contributed by atoms with Gasteiger partial charge in [-0.15, -0.1) is 0 Å². The molecular formula is C22H20O7. The zero-order valence-corrected chi connectivity index (χ0v) is 16.4. The molecule has 1 unspecified atom stereocenters. The number of hydrogen-bond acceptors (Lipinski definition) is 7. The lowest BCUT2D eigenvalue weighted by molar-refractivity contribution is 0.242. The van der Waals surface area contributed by atoms with Gasteiger partial charge in [0.15, 0.2) is 11.5 Å². The van der Waals surface area contributed by atoms with Crippen LogP contribution in [0.1, 0.15) is 25.5 Å². The molecule has 1 atom stereocenters. The molecule has 0 spiro atoms. The van der Waals surface area contributed by atoms with Crippen molar-refractivity contribution in [3.63, 3.8) is 0 Å². The lowest BCUT2D eigenvalue weighted by Crippen LogP contribution is -2.22. The van der Waals surface area contributed by atoms with Gasteiger partial charge >= 0.3 is 0 Å². The summed E-state index contributed by atoms with van der Waals surface area (Å²) >= 11 is 0. The summed E-state index contributed by atoms with van der Waals surface area (Å²) in [7, 11) is 2.89. The van der Waals surface area contributed by atoms with Crippen molar-refractivity contribution in [1.29, 1.82) is 0 Å². The summed E-state index contributed by atoms with van der Waals surface area (Å²) in [5, 5.41) is 20.7. The van der Waals surface area contributed by atoms with E-state index in [0.717, 1.165) is 5.57 Å². The number of ether oxygens (including phenoxy) is 3. The molecule has 7 nitrogen and oxygen atoms in total. The van der Waals surface area contributed by atoms with Crippen molar-refractivity contribution in [2.75, 3.05) is 14.2 Å². The van der Waals surface area contributed by atoms with Crippen LogP contribution in [0.25, 0.3) is 22.3 Å². The highest BCUT2D eigenvalue weighted by Crippen LogP contribution is 2.48. The standard InChI is InChI=1S/C22H20O7/c1-10(2)5-17-20-21(25)19-14(24)6-11(26-3)7-18(19)29-22(20)12-8-13(23)16(27-4)9-15(12)28-17/h5-9,17,23-24H,1-4H3. The summed E-state index contributed by atoms with van der Waals surface area (Å²) in [6, 6.07) is 5.87. The molecule has 2 heterocycles. The van der Waals surface area contributed by atoms with Gasteiger partial charge in [0, 0.05) is 18.2 Å². The van der Waals surface area contributed by atoms with Crippen molar-refractivity contribution in [2.45, 2.75) is 20.0 Å². The lowest BCUT2D eigenvalue weighted by atomic mass is 9.95. The molecule has 0 saturated carbocycles.